The van der Waals surface area contributed by atoms with E-state index in [4.69, 9.17) is 20.1 Å². The first kappa shape index (κ1) is 15.4. The number of hydrogen-bond donors (Lipinski definition) is 1. The van der Waals surface area contributed by atoms with Crippen LogP contribution < -0.4 is 4.74 Å². The van der Waals surface area contributed by atoms with Crippen molar-refractivity contribution in [2.45, 2.75) is 6.92 Å². The predicted octanol–water partition coefficient (Wildman–Crippen LogP) is 1.75. The quantitative estimate of drug-likeness (QED) is 0.659. The van der Waals surface area contributed by atoms with Crippen LogP contribution in [0.3, 0.4) is 0 Å². The fraction of sp³-hybridized carbons (Fsp3) is 0.250. The fourth-order valence-electron chi connectivity index (χ4n) is 1.96. The van der Waals surface area contributed by atoms with E-state index in [1.54, 1.807) is 24.3 Å². The monoisotopic (exact) mass is 298 g/mol. The van der Waals surface area contributed by atoms with Gasteiger partial charge in [0.2, 0.25) is 0 Å². The van der Waals surface area contributed by atoms with E-state index in [-0.39, 0.29) is 12.3 Å². The molecule has 1 aliphatic heterocycles. The molecule has 6 heteroatoms. The van der Waals surface area contributed by atoms with Gasteiger partial charge in [-0.25, -0.2) is 4.79 Å². The maximum atomic E-state index is 11.9. The van der Waals surface area contributed by atoms with Gasteiger partial charge >= 0.3 is 5.97 Å². The number of fused-ring (bicyclic) bond motifs is 1. The van der Waals surface area contributed by atoms with E-state index in [0.29, 0.717) is 11.3 Å². The lowest BCUT2D eigenvalue weighted by Gasteiger charge is -2.17. The van der Waals surface area contributed by atoms with Crippen LogP contribution in [0.2, 0.25) is 0 Å². The second kappa shape index (κ2) is 6.68. The third-order valence-electron chi connectivity index (χ3n) is 3.12. The number of Topliss-reactive ketones (excluding diaryl/α,β-unsaturated/α-hetero) is 1. The van der Waals surface area contributed by atoms with E-state index in [1.807, 2.05) is 12.1 Å². The molecule has 2 rings (SSSR count). The van der Waals surface area contributed by atoms with Gasteiger partial charge in [0.05, 0.1) is 11.6 Å². The second-order valence-corrected chi connectivity index (χ2v) is 4.78. The summed E-state index contributed by atoms with van der Waals surface area (Å²) in [6.45, 7) is 0.892. The number of hydrogen-bond acceptors (Lipinski definition) is 6. The van der Waals surface area contributed by atoms with E-state index < -0.39 is 24.3 Å². The van der Waals surface area contributed by atoms with Gasteiger partial charge in [0.25, 0.3) is 0 Å². The smallest absolute Gasteiger partial charge is 0.337 e. The number of nitrogens with zero attached hydrogens (tertiary/aromatic N) is 1. The lowest BCUT2D eigenvalue weighted by molar-refractivity contribution is -0.144. The minimum atomic E-state index is -1.18. The molecular weight excluding hydrogens is 284 g/mol. The van der Waals surface area contributed by atoms with Crippen molar-refractivity contribution in [3.8, 4) is 11.8 Å². The molecule has 0 spiro atoms. The van der Waals surface area contributed by atoms with E-state index >= 15 is 0 Å². The number of ether oxygens (including phenoxy) is 2. The first-order valence-corrected chi connectivity index (χ1v) is 6.60. The molecule has 1 aromatic rings. The molecule has 1 N–H and O–H groups in total. The van der Waals surface area contributed by atoms with Crippen molar-refractivity contribution >= 4 is 23.5 Å². The minimum Gasteiger partial charge on any atom is -0.488 e. The molecule has 1 atom stereocenters. The van der Waals surface area contributed by atoms with Crippen molar-refractivity contribution in [3.05, 3.63) is 35.4 Å². The third kappa shape index (κ3) is 3.38. The fourth-order valence-corrected chi connectivity index (χ4v) is 1.96. The van der Waals surface area contributed by atoms with E-state index in [0.717, 1.165) is 5.56 Å². The summed E-state index contributed by atoms with van der Waals surface area (Å²) >= 11 is 0. The molecule has 6 nitrogen and oxygen atoms in total. The van der Waals surface area contributed by atoms with E-state index in [2.05, 4.69) is 0 Å². The normalized spacial score (nSPS) is 13.7. The maximum Gasteiger partial charge on any atom is 0.337 e. The Morgan fingerprint density at radius 3 is 2.86 bits per heavy atom. The van der Waals surface area contributed by atoms with E-state index in [1.165, 1.54) is 6.92 Å². The average molecular weight is 298 g/mol. The Morgan fingerprint density at radius 1 is 1.45 bits per heavy atom. The molecule has 112 valence electrons. The zero-order valence-corrected chi connectivity index (χ0v) is 12.0. The van der Waals surface area contributed by atoms with Crippen LogP contribution in [0.1, 0.15) is 12.5 Å². The number of benzene rings is 1. The Bertz CT molecular complexity index is 700. The third-order valence-corrected chi connectivity index (χ3v) is 3.12. The van der Waals surface area contributed by atoms with Crippen LogP contribution in [-0.4, -0.2) is 30.7 Å². The van der Waals surface area contributed by atoms with Crippen molar-refractivity contribution in [3.63, 3.8) is 0 Å². The first-order chi connectivity index (χ1) is 10.5. The highest BCUT2D eigenvalue weighted by molar-refractivity contribution is 6.06. The molecule has 0 bridgehead atoms. The number of rotatable bonds is 5. The molecule has 0 saturated heterocycles. The Hall–Kier alpha value is -2.94. The molecule has 0 fully saturated rings. The van der Waals surface area contributed by atoms with Gasteiger partial charge in [0.1, 0.15) is 18.3 Å². The lowest BCUT2D eigenvalue weighted by atomic mass is 10.0. The van der Waals surface area contributed by atoms with Crippen molar-refractivity contribution in [1.82, 2.24) is 0 Å². The molecule has 1 unspecified atom stereocenters. The molecule has 22 heavy (non-hydrogen) atoms. The molecule has 0 amide bonds. The summed E-state index contributed by atoms with van der Waals surface area (Å²) in [7, 11) is 0. The second-order valence-electron chi connectivity index (χ2n) is 4.78. The molecule has 0 aromatic heterocycles. The Kier molecular flexibility index (Phi) is 4.69. The molecular formula is C16H14N2O4. The van der Waals surface area contributed by atoms with Crippen LogP contribution in [0, 0.1) is 22.7 Å². The van der Waals surface area contributed by atoms with Crippen LogP contribution in [0.4, 0.5) is 0 Å². The lowest BCUT2D eigenvalue weighted by Crippen LogP contribution is -2.27. The Morgan fingerprint density at radius 2 is 2.18 bits per heavy atom. The predicted molar refractivity (Wildman–Crippen MR) is 78.4 cm³/mol. The standard InChI is InChI=1S/C16H14N2O4/c1-10(18)13(7-17)14(19)9-22-16(20)12-6-11-4-2-3-5-15(11)21-8-12/h2-6,13,18H,8-9H2,1H3. The molecule has 0 radical (unpaired) electrons. The maximum absolute atomic E-state index is 11.9. The van der Waals surface area contributed by atoms with Gasteiger partial charge < -0.3 is 14.9 Å². The van der Waals surface area contributed by atoms with Crippen molar-refractivity contribution < 1.29 is 19.1 Å². The zero-order chi connectivity index (χ0) is 16.1. The highest BCUT2D eigenvalue weighted by Crippen LogP contribution is 2.26. The summed E-state index contributed by atoms with van der Waals surface area (Å²) in [6, 6.07) is 8.96. The largest absolute Gasteiger partial charge is 0.488 e. The summed E-state index contributed by atoms with van der Waals surface area (Å²) in [5.74, 6) is -1.77. The number of nitriles is 1. The van der Waals surface area contributed by atoms with Gasteiger partial charge in [-0.05, 0) is 19.1 Å². The molecule has 0 saturated carbocycles. The van der Waals surface area contributed by atoms with Crippen LogP contribution in [0.5, 0.6) is 5.75 Å². The number of carbonyl (C=O) groups is 2. The Labute approximate surface area is 127 Å². The molecule has 0 aliphatic carbocycles. The number of para-hydroxylation sites is 1. The zero-order valence-electron chi connectivity index (χ0n) is 12.0. The van der Waals surface area contributed by atoms with Crippen LogP contribution in [0.25, 0.3) is 6.08 Å². The molecule has 1 heterocycles. The van der Waals surface area contributed by atoms with Crippen LogP contribution in [-0.2, 0) is 14.3 Å². The van der Waals surface area contributed by atoms with Crippen LogP contribution >= 0.6 is 0 Å². The molecule has 1 aliphatic rings. The van der Waals surface area contributed by atoms with E-state index in [9.17, 15) is 9.59 Å². The summed E-state index contributed by atoms with van der Waals surface area (Å²) in [5.41, 5.74) is 0.988. The summed E-state index contributed by atoms with van der Waals surface area (Å²) in [6.07, 6.45) is 1.65. The van der Waals surface area contributed by atoms with Gasteiger partial charge in [-0.1, -0.05) is 18.2 Å². The van der Waals surface area contributed by atoms with Crippen molar-refractivity contribution in [1.29, 1.82) is 10.7 Å². The number of carbonyl (C=O) groups excluding carboxylic acids is 2. The van der Waals surface area contributed by atoms with Gasteiger partial charge in [-0.2, -0.15) is 5.26 Å². The van der Waals surface area contributed by atoms with Gasteiger partial charge in [-0.3, -0.25) is 4.79 Å². The summed E-state index contributed by atoms with van der Waals surface area (Å²) < 4.78 is 10.3. The summed E-state index contributed by atoms with van der Waals surface area (Å²) in [5, 5.41) is 16.1. The van der Waals surface area contributed by atoms with Crippen molar-refractivity contribution in [2.75, 3.05) is 13.2 Å². The highest BCUT2D eigenvalue weighted by atomic mass is 16.5. The SMILES string of the molecule is CC(=N)C(C#N)C(=O)COC(=O)C1=Cc2ccccc2OC1. The van der Waals surface area contributed by atoms with Crippen molar-refractivity contribution in [2.24, 2.45) is 5.92 Å². The Balaban J connectivity index is 2.00. The number of esters is 1. The highest BCUT2D eigenvalue weighted by Gasteiger charge is 2.23. The number of ketones is 1. The van der Waals surface area contributed by atoms with Gasteiger partial charge in [0.15, 0.2) is 12.4 Å². The number of nitrogens with one attached hydrogen (secondary N) is 1. The van der Waals surface area contributed by atoms with Crippen LogP contribution in [0.15, 0.2) is 29.8 Å². The topological polar surface area (TPSA) is 100 Å². The van der Waals surface area contributed by atoms with Gasteiger partial charge in [0, 0.05) is 11.3 Å². The first-order valence-electron chi connectivity index (χ1n) is 6.60. The summed E-state index contributed by atoms with van der Waals surface area (Å²) in [4.78, 5) is 23.6. The van der Waals surface area contributed by atoms with Gasteiger partial charge in [-0.15, -0.1) is 0 Å². The minimum absolute atomic E-state index is 0.0648. The average Bonchev–Trinajstić information content (AvgIpc) is 2.52. The molecule has 1 aromatic carbocycles.